The maximum absolute atomic E-state index is 13.5. The molecule has 0 aromatic heterocycles. The molecule has 1 aliphatic heterocycles. The highest BCUT2D eigenvalue weighted by Crippen LogP contribution is 2.33. The molecule has 1 fully saturated rings. The van der Waals surface area contributed by atoms with Crippen LogP contribution in [0.3, 0.4) is 0 Å². The molecule has 0 bridgehead atoms. The summed E-state index contributed by atoms with van der Waals surface area (Å²) in [5, 5.41) is 1.37. The Kier molecular flexibility index (Phi) is 7.77. The summed E-state index contributed by atoms with van der Waals surface area (Å²) >= 11 is 25.3. The van der Waals surface area contributed by atoms with Crippen LogP contribution >= 0.6 is 46.4 Å². The Hall–Kier alpha value is -2.12. The third-order valence-corrected chi connectivity index (χ3v) is 8.70. The van der Waals surface area contributed by atoms with E-state index in [4.69, 9.17) is 46.4 Å². The lowest BCUT2D eigenvalue weighted by Gasteiger charge is -2.29. The number of halogens is 4. The minimum atomic E-state index is -3.93. The van der Waals surface area contributed by atoms with E-state index in [9.17, 15) is 13.2 Å². The molecule has 0 aliphatic carbocycles. The Balaban J connectivity index is 1.86. The Morgan fingerprint density at radius 3 is 1.51 bits per heavy atom. The van der Waals surface area contributed by atoms with Crippen LogP contribution < -0.4 is 0 Å². The van der Waals surface area contributed by atoms with Crippen molar-refractivity contribution in [1.29, 1.82) is 0 Å². The molecule has 1 saturated heterocycles. The molecule has 1 heterocycles. The Bertz CT molecular complexity index is 1360. The van der Waals surface area contributed by atoms with Crippen molar-refractivity contribution >= 4 is 74.4 Å². The quantitative estimate of drug-likeness (QED) is 0.310. The lowest BCUT2D eigenvalue weighted by atomic mass is 9.95. The van der Waals surface area contributed by atoms with Gasteiger partial charge >= 0.3 is 0 Å². The van der Waals surface area contributed by atoms with Crippen molar-refractivity contribution in [2.24, 2.45) is 0 Å². The molecule has 4 nitrogen and oxygen atoms in total. The molecule has 0 saturated carbocycles. The Morgan fingerprint density at radius 2 is 1.11 bits per heavy atom. The van der Waals surface area contributed by atoms with E-state index in [1.165, 1.54) is 16.5 Å². The number of sulfonamides is 1. The van der Waals surface area contributed by atoms with Gasteiger partial charge < -0.3 is 0 Å². The van der Waals surface area contributed by atoms with E-state index in [2.05, 4.69) is 0 Å². The fourth-order valence-corrected chi connectivity index (χ4v) is 6.09. The van der Waals surface area contributed by atoms with Gasteiger partial charge in [0.25, 0.3) is 0 Å². The van der Waals surface area contributed by atoms with Crippen LogP contribution in [-0.4, -0.2) is 31.6 Å². The van der Waals surface area contributed by atoms with Crippen molar-refractivity contribution in [3.8, 4) is 0 Å². The highest BCUT2D eigenvalue weighted by Gasteiger charge is 2.34. The van der Waals surface area contributed by atoms with Crippen LogP contribution in [0.5, 0.6) is 0 Å². The van der Waals surface area contributed by atoms with Gasteiger partial charge in [0.05, 0.1) is 4.90 Å². The van der Waals surface area contributed by atoms with E-state index in [0.717, 1.165) is 5.56 Å². The lowest BCUT2D eigenvalue weighted by Crippen LogP contribution is -2.41. The normalized spacial score (nSPS) is 17.3. The van der Waals surface area contributed by atoms with Crippen LogP contribution in [0.2, 0.25) is 20.1 Å². The molecular weight excluding hydrogens is 548 g/mol. The fourth-order valence-electron chi connectivity index (χ4n) is 3.68. The van der Waals surface area contributed by atoms with Gasteiger partial charge in [0, 0.05) is 55.5 Å². The average Bonchev–Trinajstić information content (AvgIpc) is 2.81. The van der Waals surface area contributed by atoms with Gasteiger partial charge in [-0.3, -0.25) is 4.79 Å². The van der Waals surface area contributed by atoms with Crippen LogP contribution in [-0.2, 0) is 14.8 Å². The van der Waals surface area contributed by atoms with Gasteiger partial charge in [-0.25, -0.2) is 8.42 Å². The molecule has 1 aliphatic rings. The lowest BCUT2D eigenvalue weighted by molar-refractivity contribution is -0.113. The summed E-state index contributed by atoms with van der Waals surface area (Å²) in [7, 11) is -3.93. The summed E-state index contributed by atoms with van der Waals surface area (Å²) in [5.41, 5.74) is 2.24. The number of carbonyl (C=O) groups excluding carboxylic acids is 1. The van der Waals surface area contributed by atoms with Crippen molar-refractivity contribution in [3.05, 3.63) is 109 Å². The molecule has 0 atom stereocenters. The van der Waals surface area contributed by atoms with Gasteiger partial charge in [-0.05, 0) is 55.5 Å². The van der Waals surface area contributed by atoms with E-state index >= 15 is 0 Å². The molecule has 0 unspecified atom stereocenters. The highest BCUT2D eigenvalue weighted by atomic mass is 35.5. The summed E-state index contributed by atoms with van der Waals surface area (Å²) in [6, 6.07) is 16.5. The highest BCUT2D eigenvalue weighted by molar-refractivity contribution is 7.89. The van der Waals surface area contributed by atoms with Gasteiger partial charge in [-0.1, -0.05) is 76.2 Å². The van der Waals surface area contributed by atoms with Crippen molar-refractivity contribution in [3.63, 3.8) is 0 Å². The number of nitrogens with zero attached hydrogens (tertiary/aromatic N) is 1. The molecule has 3 aromatic carbocycles. The molecule has 0 N–H and O–H groups in total. The van der Waals surface area contributed by atoms with E-state index < -0.39 is 10.0 Å². The summed E-state index contributed by atoms with van der Waals surface area (Å²) in [5.74, 6) is -0.340. The van der Waals surface area contributed by atoms with Crippen LogP contribution in [0.1, 0.15) is 16.7 Å². The third-order valence-electron chi connectivity index (χ3n) is 5.57. The van der Waals surface area contributed by atoms with Gasteiger partial charge in [-0.2, -0.15) is 4.31 Å². The van der Waals surface area contributed by atoms with Crippen LogP contribution in [0.25, 0.3) is 12.2 Å². The second kappa shape index (κ2) is 10.5. The number of piperidine rings is 1. The van der Waals surface area contributed by atoms with Gasteiger partial charge in [-0.15, -0.1) is 0 Å². The molecule has 9 heteroatoms. The smallest absolute Gasteiger partial charge is 0.243 e. The first-order valence-corrected chi connectivity index (χ1v) is 13.4. The largest absolute Gasteiger partial charge is 0.289 e. The first-order valence-electron chi connectivity index (χ1n) is 10.5. The first kappa shape index (κ1) is 26.0. The summed E-state index contributed by atoms with van der Waals surface area (Å²) < 4.78 is 28.3. The topological polar surface area (TPSA) is 54.5 Å². The number of aryl methyl sites for hydroxylation is 1. The number of ketones is 1. The molecule has 180 valence electrons. The number of Topliss-reactive ketones (excluding diaryl/α,β-unsaturated/α-hetero) is 1. The second-order valence-electron chi connectivity index (χ2n) is 8.03. The zero-order chi connectivity index (χ0) is 25.3. The molecular formula is C26H19Cl4NO3S. The zero-order valence-corrected chi connectivity index (χ0v) is 22.3. The van der Waals surface area contributed by atoms with Crippen molar-refractivity contribution in [2.45, 2.75) is 11.8 Å². The maximum atomic E-state index is 13.5. The van der Waals surface area contributed by atoms with Gasteiger partial charge in [0.15, 0.2) is 5.78 Å². The predicted octanol–water partition coefficient (Wildman–Crippen LogP) is 7.35. The maximum Gasteiger partial charge on any atom is 0.243 e. The van der Waals surface area contributed by atoms with Crippen molar-refractivity contribution < 1.29 is 13.2 Å². The Labute approximate surface area is 224 Å². The minimum absolute atomic E-state index is 0.128. The number of carbonyl (C=O) groups is 1. The van der Waals surface area contributed by atoms with Crippen LogP contribution in [0, 0.1) is 6.92 Å². The van der Waals surface area contributed by atoms with Crippen LogP contribution in [0.4, 0.5) is 0 Å². The second-order valence-corrected chi connectivity index (χ2v) is 11.6. The van der Waals surface area contributed by atoms with Crippen LogP contribution in [0.15, 0.2) is 76.7 Å². The van der Waals surface area contributed by atoms with E-state index in [-0.39, 0.29) is 34.9 Å². The number of hydrogen-bond acceptors (Lipinski definition) is 3. The standard InChI is InChI=1S/C26H19Cl4NO3S/c1-16-8-10-19(11-9-16)35(33,34)31-14-17(12-20-22(27)4-2-5-23(20)28)26(32)18(15-31)13-21-24(29)6-3-7-25(21)30/h2-13H,14-15H2,1H3/b17-12+,18-13+. The SMILES string of the molecule is Cc1ccc(S(=O)(=O)N2C/C(=C\c3c(Cl)cccc3Cl)C(=O)/C(=C/c3c(Cl)cccc3Cl)C2)cc1. The summed E-state index contributed by atoms with van der Waals surface area (Å²) in [6.07, 6.45) is 3.07. The molecule has 4 rings (SSSR count). The third kappa shape index (κ3) is 5.51. The molecule has 0 amide bonds. The summed E-state index contributed by atoms with van der Waals surface area (Å²) in [4.78, 5) is 13.6. The van der Waals surface area contributed by atoms with Crippen molar-refractivity contribution in [2.75, 3.05) is 13.1 Å². The molecule has 0 radical (unpaired) electrons. The van der Waals surface area contributed by atoms with Gasteiger partial charge in [0.1, 0.15) is 0 Å². The number of hydrogen-bond donors (Lipinski definition) is 0. The molecule has 3 aromatic rings. The monoisotopic (exact) mass is 565 g/mol. The minimum Gasteiger partial charge on any atom is -0.289 e. The predicted molar refractivity (Wildman–Crippen MR) is 144 cm³/mol. The van der Waals surface area contributed by atoms with Gasteiger partial charge in [0.2, 0.25) is 10.0 Å². The first-order chi connectivity index (χ1) is 16.6. The molecule has 0 spiro atoms. The van der Waals surface area contributed by atoms with E-state index in [1.54, 1.807) is 60.7 Å². The van der Waals surface area contributed by atoms with Crippen molar-refractivity contribution in [1.82, 2.24) is 4.31 Å². The number of rotatable bonds is 4. The summed E-state index contributed by atoms with van der Waals surface area (Å²) in [6.45, 7) is 1.58. The number of benzene rings is 3. The van der Waals surface area contributed by atoms with E-state index in [0.29, 0.717) is 31.2 Å². The average molecular weight is 567 g/mol. The molecule has 35 heavy (non-hydrogen) atoms. The van der Waals surface area contributed by atoms with E-state index in [1.807, 2.05) is 6.92 Å². The Morgan fingerprint density at radius 1 is 0.714 bits per heavy atom. The zero-order valence-electron chi connectivity index (χ0n) is 18.4. The fraction of sp³-hybridized carbons (Fsp3) is 0.115.